The maximum absolute atomic E-state index is 13.4. The first-order valence-electron chi connectivity index (χ1n) is 7.64. The summed E-state index contributed by atoms with van der Waals surface area (Å²) in [6.45, 7) is 1.52. The van der Waals surface area contributed by atoms with E-state index >= 15 is 0 Å². The van der Waals surface area contributed by atoms with E-state index < -0.39 is 5.82 Å². The average Bonchev–Trinajstić information content (AvgIpc) is 3.07. The highest BCUT2D eigenvalue weighted by atomic mass is 19.1. The van der Waals surface area contributed by atoms with E-state index in [1.165, 1.54) is 12.1 Å². The van der Waals surface area contributed by atoms with Gasteiger partial charge in [0.25, 0.3) is 5.91 Å². The third-order valence-electron chi connectivity index (χ3n) is 3.64. The van der Waals surface area contributed by atoms with Gasteiger partial charge in [-0.25, -0.2) is 4.39 Å². The highest BCUT2D eigenvalue weighted by Gasteiger charge is 2.11. The molecule has 1 aromatic heterocycles. The van der Waals surface area contributed by atoms with E-state index in [2.05, 4.69) is 15.5 Å². The van der Waals surface area contributed by atoms with E-state index in [0.717, 1.165) is 0 Å². The number of aliphatic hydroxyl groups excluding tert-OH is 1. The van der Waals surface area contributed by atoms with Crippen LogP contribution in [0.4, 0.5) is 4.39 Å². The van der Waals surface area contributed by atoms with Crippen molar-refractivity contribution >= 4 is 5.91 Å². The van der Waals surface area contributed by atoms with Crippen LogP contribution >= 0.6 is 0 Å². The standard InChI is InChI=1S/C18H16FN3O3/c1-11-21-17(22-25-11)13-3-2-4-14(8-13)18(24)20-9-12-5-6-16(19)15(7-12)10-23/h2-8,23H,9-10H2,1H3,(H,20,24). The topological polar surface area (TPSA) is 88.2 Å². The van der Waals surface area contributed by atoms with Crippen LogP contribution in [-0.2, 0) is 13.2 Å². The maximum Gasteiger partial charge on any atom is 0.251 e. The second kappa shape index (κ2) is 7.23. The monoisotopic (exact) mass is 341 g/mol. The van der Waals surface area contributed by atoms with Gasteiger partial charge >= 0.3 is 0 Å². The Morgan fingerprint density at radius 3 is 2.84 bits per heavy atom. The van der Waals surface area contributed by atoms with Crippen LogP contribution in [-0.4, -0.2) is 21.2 Å². The van der Waals surface area contributed by atoms with Gasteiger partial charge in [-0.15, -0.1) is 0 Å². The summed E-state index contributed by atoms with van der Waals surface area (Å²) in [5, 5.41) is 15.7. The second-order valence-electron chi connectivity index (χ2n) is 5.48. The Balaban J connectivity index is 1.71. The third-order valence-corrected chi connectivity index (χ3v) is 3.64. The minimum Gasteiger partial charge on any atom is -0.392 e. The van der Waals surface area contributed by atoms with Gasteiger partial charge in [-0.1, -0.05) is 23.4 Å². The third kappa shape index (κ3) is 3.89. The smallest absolute Gasteiger partial charge is 0.251 e. The fraction of sp³-hybridized carbons (Fsp3) is 0.167. The van der Waals surface area contributed by atoms with E-state index in [9.17, 15) is 9.18 Å². The molecule has 0 bridgehead atoms. The van der Waals surface area contributed by atoms with Crippen LogP contribution in [0.2, 0.25) is 0 Å². The summed E-state index contributed by atoms with van der Waals surface area (Å²) in [6.07, 6.45) is 0. The van der Waals surface area contributed by atoms with Crippen molar-refractivity contribution in [2.45, 2.75) is 20.1 Å². The van der Waals surface area contributed by atoms with E-state index in [1.54, 1.807) is 37.3 Å². The predicted octanol–water partition coefficient (Wildman–Crippen LogP) is 2.61. The second-order valence-corrected chi connectivity index (χ2v) is 5.48. The van der Waals surface area contributed by atoms with Gasteiger partial charge in [0.15, 0.2) is 0 Å². The number of aromatic nitrogens is 2. The van der Waals surface area contributed by atoms with Crippen LogP contribution in [0.5, 0.6) is 0 Å². The van der Waals surface area contributed by atoms with Crippen molar-refractivity contribution in [1.29, 1.82) is 0 Å². The zero-order valence-electron chi connectivity index (χ0n) is 13.5. The molecule has 2 aromatic carbocycles. The molecular formula is C18H16FN3O3. The summed E-state index contributed by atoms with van der Waals surface area (Å²) < 4.78 is 18.3. The van der Waals surface area contributed by atoms with Crippen molar-refractivity contribution in [2.24, 2.45) is 0 Å². The number of benzene rings is 2. The normalized spacial score (nSPS) is 10.7. The van der Waals surface area contributed by atoms with E-state index in [0.29, 0.717) is 28.4 Å². The number of nitrogens with zero attached hydrogens (tertiary/aromatic N) is 2. The van der Waals surface area contributed by atoms with Crippen LogP contribution in [0.25, 0.3) is 11.4 Å². The lowest BCUT2D eigenvalue weighted by atomic mass is 10.1. The molecule has 0 aliphatic rings. The first-order valence-corrected chi connectivity index (χ1v) is 7.64. The molecule has 1 amide bonds. The fourth-order valence-corrected chi connectivity index (χ4v) is 2.36. The molecule has 0 fully saturated rings. The van der Waals surface area contributed by atoms with Crippen molar-refractivity contribution in [3.05, 3.63) is 70.9 Å². The summed E-state index contributed by atoms with van der Waals surface area (Å²) in [5.41, 5.74) is 2.02. The number of rotatable bonds is 5. The first kappa shape index (κ1) is 16.8. The first-order chi connectivity index (χ1) is 12.1. The lowest BCUT2D eigenvalue weighted by Crippen LogP contribution is -2.22. The number of nitrogens with one attached hydrogen (secondary N) is 1. The largest absolute Gasteiger partial charge is 0.392 e. The van der Waals surface area contributed by atoms with E-state index in [1.807, 2.05) is 0 Å². The molecule has 3 aromatic rings. The molecular weight excluding hydrogens is 325 g/mol. The molecule has 0 aliphatic carbocycles. The summed E-state index contributed by atoms with van der Waals surface area (Å²) in [4.78, 5) is 16.5. The maximum atomic E-state index is 13.4. The van der Waals surface area contributed by atoms with Gasteiger partial charge in [-0.2, -0.15) is 4.98 Å². The molecule has 2 N–H and O–H groups in total. The van der Waals surface area contributed by atoms with Crippen molar-refractivity contribution in [2.75, 3.05) is 0 Å². The number of aliphatic hydroxyl groups is 1. The van der Waals surface area contributed by atoms with Crippen molar-refractivity contribution in [3.63, 3.8) is 0 Å². The molecule has 7 heteroatoms. The molecule has 0 saturated heterocycles. The quantitative estimate of drug-likeness (QED) is 0.745. The van der Waals surface area contributed by atoms with Gasteiger partial charge in [0, 0.05) is 30.2 Å². The highest BCUT2D eigenvalue weighted by Crippen LogP contribution is 2.17. The predicted molar refractivity (Wildman–Crippen MR) is 88.0 cm³/mol. The van der Waals surface area contributed by atoms with Crippen LogP contribution in [0, 0.1) is 12.7 Å². The van der Waals surface area contributed by atoms with Gasteiger partial charge in [0.05, 0.1) is 6.61 Å². The van der Waals surface area contributed by atoms with Gasteiger partial charge in [0.1, 0.15) is 5.82 Å². The lowest BCUT2D eigenvalue weighted by molar-refractivity contribution is 0.0951. The number of hydrogen-bond donors (Lipinski definition) is 2. The average molecular weight is 341 g/mol. The lowest BCUT2D eigenvalue weighted by Gasteiger charge is -2.08. The molecule has 25 heavy (non-hydrogen) atoms. The summed E-state index contributed by atoms with van der Waals surface area (Å²) in [7, 11) is 0. The summed E-state index contributed by atoms with van der Waals surface area (Å²) in [5.74, 6) is 0.108. The number of amides is 1. The molecule has 3 rings (SSSR count). The number of hydrogen-bond acceptors (Lipinski definition) is 5. The summed E-state index contributed by atoms with van der Waals surface area (Å²) >= 11 is 0. The van der Waals surface area contributed by atoms with E-state index in [-0.39, 0.29) is 24.6 Å². The molecule has 0 unspecified atom stereocenters. The number of aryl methyl sites for hydroxylation is 1. The van der Waals surface area contributed by atoms with Gasteiger partial charge in [-0.3, -0.25) is 4.79 Å². The SMILES string of the molecule is Cc1nc(-c2cccc(C(=O)NCc3ccc(F)c(CO)c3)c2)no1. The molecule has 0 aliphatic heterocycles. The Labute approximate surface area is 143 Å². The zero-order valence-corrected chi connectivity index (χ0v) is 13.5. The Morgan fingerprint density at radius 2 is 2.12 bits per heavy atom. The van der Waals surface area contributed by atoms with Crippen LogP contribution in [0.3, 0.4) is 0 Å². The minimum atomic E-state index is -0.472. The van der Waals surface area contributed by atoms with E-state index in [4.69, 9.17) is 9.63 Å². The number of carbonyl (C=O) groups is 1. The Hall–Kier alpha value is -3.06. The molecule has 0 spiro atoms. The Morgan fingerprint density at radius 1 is 1.28 bits per heavy atom. The molecule has 1 heterocycles. The van der Waals surface area contributed by atoms with Crippen LogP contribution in [0.15, 0.2) is 47.0 Å². The number of carbonyl (C=O) groups excluding carboxylic acids is 1. The van der Waals surface area contributed by atoms with Crippen molar-refractivity contribution in [3.8, 4) is 11.4 Å². The molecule has 0 saturated carbocycles. The van der Waals surface area contributed by atoms with Crippen LogP contribution < -0.4 is 5.32 Å². The molecule has 128 valence electrons. The van der Waals surface area contributed by atoms with Crippen molar-refractivity contribution < 1.29 is 18.8 Å². The van der Waals surface area contributed by atoms with Crippen LogP contribution in [0.1, 0.15) is 27.4 Å². The fourth-order valence-electron chi connectivity index (χ4n) is 2.36. The van der Waals surface area contributed by atoms with Gasteiger partial charge in [-0.05, 0) is 29.8 Å². The molecule has 0 atom stereocenters. The number of halogens is 1. The van der Waals surface area contributed by atoms with Gasteiger partial charge in [0.2, 0.25) is 11.7 Å². The Bertz CT molecular complexity index is 908. The highest BCUT2D eigenvalue weighted by molar-refractivity contribution is 5.95. The Kier molecular flexibility index (Phi) is 4.85. The van der Waals surface area contributed by atoms with Gasteiger partial charge < -0.3 is 14.9 Å². The molecule has 0 radical (unpaired) electrons. The minimum absolute atomic E-state index is 0.196. The molecule has 6 nitrogen and oxygen atoms in total. The summed E-state index contributed by atoms with van der Waals surface area (Å²) in [6, 6.07) is 11.2. The van der Waals surface area contributed by atoms with Crippen molar-refractivity contribution in [1.82, 2.24) is 15.5 Å². The zero-order chi connectivity index (χ0) is 17.8.